The first-order valence-electron chi connectivity index (χ1n) is 9.34. The normalized spacial score (nSPS) is 16.4. The van der Waals surface area contributed by atoms with Crippen molar-refractivity contribution in [2.45, 2.75) is 25.4 Å². The van der Waals surface area contributed by atoms with Gasteiger partial charge in [-0.1, -0.05) is 0 Å². The van der Waals surface area contributed by atoms with Gasteiger partial charge in [0, 0.05) is 27.3 Å². The lowest BCUT2D eigenvalue weighted by Crippen LogP contribution is -2.27. The summed E-state index contributed by atoms with van der Waals surface area (Å²) in [7, 11) is 7.49. The van der Waals surface area contributed by atoms with Gasteiger partial charge in [0.2, 0.25) is 0 Å². The van der Waals surface area contributed by atoms with Crippen LogP contribution in [0.1, 0.15) is 36.9 Å². The zero-order chi connectivity index (χ0) is 20.1. The van der Waals surface area contributed by atoms with Crippen molar-refractivity contribution >= 4 is 23.2 Å². The highest BCUT2D eigenvalue weighted by molar-refractivity contribution is 5.78. The van der Waals surface area contributed by atoms with Crippen LogP contribution in [0.4, 0.5) is 0 Å². The largest absolute Gasteiger partial charge is 0.497 e. The van der Waals surface area contributed by atoms with Crippen LogP contribution in [-0.2, 0) is 24.2 Å². The topological polar surface area (TPSA) is 54.1 Å². The monoisotopic (exact) mass is 378 g/mol. The van der Waals surface area contributed by atoms with Crippen LogP contribution in [0.2, 0.25) is 0 Å². The number of imidazole rings is 2. The molecule has 0 saturated carbocycles. The average molecular weight is 378 g/mol. The Morgan fingerprint density at radius 2 is 1.68 bits per heavy atom. The molecule has 146 valence electrons. The van der Waals surface area contributed by atoms with E-state index in [-0.39, 0.29) is 11.5 Å². The summed E-state index contributed by atoms with van der Waals surface area (Å²) in [5.74, 6) is 2.75. The van der Waals surface area contributed by atoms with Crippen LogP contribution in [0.25, 0.3) is 23.2 Å². The fourth-order valence-electron chi connectivity index (χ4n) is 3.96. The van der Waals surface area contributed by atoms with Gasteiger partial charge in [0.1, 0.15) is 17.4 Å². The smallest absolute Gasteiger partial charge is 0.122 e. The highest BCUT2D eigenvalue weighted by atomic mass is 16.5. The van der Waals surface area contributed by atoms with E-state index in [0.717, 1.165) is 39.8 Å². The second kappa shape index (κ2) is 6.63. The number of nitrogens with zero attached hydrogens (tertiary/aromatic N) is 4. The number of fused-ring (bicyclic) bond motifs is 2. The molecular formula is C22H26N4O2. The summed E-state index contributed by atoms with van der Waals surface area (Å²) in [6, 6.07) is 5.96. The molecule has 2 aromatic heterocycles. The van der Waals surface area contributed by atoms with Crippen LogP contribution in [0.5, 0.6) is 5.75 Å². The molecule has 0 fully saturated rings. The lowest BCUT2D eigenvalue weighted by molar-refractivity contribution is 0.179. The number of aryl methyl sites for hydroxylation is 1. The van der Waals surface area contributed by atoms with Crippen LogP contribution in [0.15, 0.2) is 30.4 Å². The molecule has 0 amide bonds. The summed E-state index contributed by atoms with van der Waals surface area (Å²) < 4.78 is 15.1. The standard InChI is InChI=1S/C22H26N4O2/c1-22(2,21-24-17-11-8-15(28-6)13-19(17)26(21)4)20-23-16-10-7-14(27-5)9-12-18(16)25(20)3/h7-14H,1-6H3. The maximum Gasteiger partial charge on any atom is 0.122 e. The summed E-state index contributed by atoms with van der Waals surface area (Å²) in [6.07, 6.45) is 8.15. The van der Waals surface area contributed by atoms with E-state index < -0.39 is 0 Å². The molecule has 1 atom stereocenters. The van der Waals surface area contributed by atoms with Crippen LogP contribution >= 0.6 is 0 Å². The van der Waals surface area contributed by atoms with E-state index >= 15 is 0 Å². The van der Waals surface area contributed by atoms with Gasteiger partial charge < -0.3 is 18.6 Å². The number of ether oxygens (including phenoxy) is 2. The molecule has 0 radical (unpaired) electrons. The Balaban J connectivity index is 1.83. The van der Waals surface area contributed by atoms with Gasteiger partial charge in [0.05, 0.1) is 41.1 Å². The number of hydrogen-bond acceptors (Lipinski definition) is 4. The van der Waals surface area contributed by atoms with Crippen molar-refractivity contribution in [2.24, 2.45) is 14.1 Å². The van der Waals surface area contributed by atoms with Crippen molar-refractivity contribution in [3.8, 4) is 5.75 Å². The summed E-state index contributed by atoms with van der Waals surface area (Å²) in [6.45, 7) is 4.33. The number of aromatic nitrogens is 4. The molecule has 6 nitrogen and oxygen atoms in total. The number of methoxy groups -OCH3 is 2. The molecule has 0 N–H and O–H groups in total. The van der Waals surface area contributed by atoms with Crippen LogP contribution in [-0.4, -0.2) is 39.4 Å². The number of hydrogen-bond donors (Lipinski definition) is 0. The highest BCUT2D eigenvalue weighted by Crippen LogP contribution is 2.34. The average Bonchev–Trinajstić information content (AvgIpc) is 3.10. The Hall–Kier alpha value is -2.86. The SMILES string of the molecule is COc1ccc2nc(C(C)(C)c3nc4c(n3C)C=CC(OC)C=C4)n(C)c2c1. The fraction of sp³-hybridized carbons (Fsp3) is 0.364. The lowest BCUT2D eigenvalue weighted by atomic mass is 9.91. The Kier molecular flexibility index (Phi) is 4.38. The maximum absolute atomic E-state index is 5.41. The minimum Gasteiger partial charge on any atom is -0.497 e. The lowest BCUT2D eigenvalue weighted by Gasteiger charge is -2.24. The third-order valence-corrected chi connectivity index (χ3v) is 5.53. The van der Waals surface area contributed by atoms with Crippen LogP contribution < -0.4 is 4.74 Å². The van der Waals surface area contributed by atoms with Gasteiger partial charge in [-0.15, -0.1) is 0 Å². The van der Waals surface area contributed by atoms with Gasteiger partial charge in [0.15, 0.2) is 0 Å². The molecule has 28 heavy (non-hydrogen) atoms. The first-order chi connectivity index (χ1) is 13.4. The maximum atomic E-state index is 5.41. The van der Waals surface area contributed by atoms with Crippen molar-refractivity contribution in [2.75, 3.05) is 14.2 Å². The minimum atomic E-state index is -0.385. The molecule has 4 rings (SSSR count). The zero-order valence-electron chi connectivity index (χ0n) is 17.2. The molecule has 1 aromatic carbocycles. The summed E-state index contributed by atoms with van der Waals surface area (Å²) in [5.41, 5.74) is 3.62. The van der Waals surface area contributed by atoms with Gasteiger partial charge >= 0.3 is 0 Å². The second-order valence-corrected chi connectivity index (χ2v) is 7.66. The van der Waals surface area contributed by atoms with Gasteiger partial charge in [-0.05, 0) is 50.3 Å². The molecule has 0 aliphatic heterocycles. The highest BCUT2D eigenvalue weighted by Gasteiger charge is 2.34. The van der Waals surface area contributed by atoms with Crippen molar-refractivity contribution in [1.29, 1.82) is 0 Å². The zero-order valence-corrected chi connectivity index (χ0v) is 17.2. The van der Waals surface area contributed by atoms with E-state index in [0.29, 0.717) is 0 Å². The van der Waals surface area contributed by atoms with E-state index in [1.807, 2.05) is 43.5 Å². The predicted octanol–water partition coefficient (Wildman–Crippen LogP) is 3.70. The van der Waals surface area contributed by atoms with Crippen molar-refractivity contribution < 1.29 is 9.47 Å². The number of benzene rings is 1. The van der Waals surface area contributed by atoms with Crippen molar-refractivity contribution in [3.05, 3.63) is 53.4 Å². The van der Waals surface area contributed by atoms with E-state index in [1.165, 1.54) is 0 Å². The van der Waals surface area contributed by atoms with Gasteiger partial charge in [-0.25, -0.2) is 9.97 Å². The Morgan fingerprint density at radius 3 is 2.39 bits per heavy atom. The van der Waals surface area contributed by atoms with Gasteiger partial charge in [-0.2, -0.15) is 0 Å². The van der Waals surface area contributed by atoms with E-state index in [4.69, 9.17) is 19.4 Å². The molecule has 0 spiro atoms. The third-order valence-electron chi connectivity index (χ3n) is 5.53. The van der Waals surface area contributed by atoms with E-state index in [2.05, 4.69) is 36.1 Å². The molecule has 3 aromatic rings. The van der Waals surface area contributed by atoms with E-state index in [9.17, 15) is 0 Å². The van der Waals surface area contributed by atoms with Gasteiger partial charge in [0.25, 0.3) is 0 Å². The van der Waals surface area contributed by atoms with Crippen molar-refractivity contribution in [1.82, 2.24) is 19.1 Å². The Bertz CT molecular complexity index is 1100. The predicted molar refractivity (Wildman–Crippen MR) is 111 cm³/mol. The molecule has 1 unspecified atom stereocenters. The summed E-state index contributed by atoms with van der Waals surface area (Å²) in [4.78, 5) is 9.89. The molecule has 1 aliphatic carbocycles. The molecule has 2 heterocycles. The van der Waals surface area contributed by atoms with Crippen LogP contribution in [0, 0.1) is 0 Å². The number of rotatable bonds is 4. The van der Waals surface area contributed by atoms with Crippen LogP contribution in [0.3, 0.4) is 0 Å². The van der Waals surface area contributed by atoms with E-state index in [1.54, 1.807) is 14.2 Å². The molecule has 0 saturated heterocycles. The minimum absolute atomic E-state index is 0.0273. The first-order valence-corrected chi connectivity index (χ1v) is 9.34. The molecule has 0 bridgehead atoms. The third kappa shape index (κ3) is 2.76. The van der Waals surface area contributed by atoms with Gasteiger partial charge in [-0.3, -0.25) is 0 Å². The summed E-state index contributed by atoms with van der Waals surface area (Å²) in [5, 5.41) is 0. The molecular weight excluding hydrogens is 352 g/mol. The molecule has 6 heteroatoms. The second-order valence-electron chi connectivity index (χ2n) is 7.66. The fourth-order valence-corrected chi connectivity index (χ4v) is 3.96. The molecule has 1 aliphatic rings. The Morgan fingerprint density at radius 1 is 0.964 bits per heavy atom. The quantitative estimate of drug-likeness (QED) is 0.695. The summed E-state index contributed by atoms with van der Waals surface area (Å²) >= 11 is 0. The van der Waals surface area contributed by atoms with Crippen molar-refractivity contribution in [3.63, 3.8) is 0 Å². The first kappa shape index (κ1) is 18.5. The Labute approximate surface area is 165 Å².